The molecular formula is C34H40N8O5. The predicted octanol–water partition coefficient (Wildman–Crippen LogP) is 2.63. The van der Waals surface area contributed by atoms with E-state index in [1.165, 1.54) is 23.7 Å². The van der Waals surface area contributed by atoms with Gasteiger partial charge in [0.15, 0.2) is 17.3 Å². The topological polar surface area (TPSA) is 157 Å². The highest BCUT2D eigenvalue weighted by Crippen LogP contribution is 2.75. The van der Waals surface area contributed by atoms with Crippen molar-refractivity contribution in [3.05, 3.63) is 51.2 Å². The molecule has 1 atom stereocenters. The summed E-state index contributed by atoms with van der Waals surface area (Å²) in [5, 5.41) is 18.6. The van der Waals surface area contributed by atoms with Crippen LogP contribution < -0.4 is 10.9 Å². The first-order chi connectivity index (χ1) is 22.6. The van der Waals surface area contributed by atoms with Crippen LogP contribution in [0.3, 0.4) is 0 Å². The molecule has 1 unspecified atom stereocenters. The van der Waals surface area contributed by atoms with Gasteiger partial charge in [-0.05, 0) is 87.5 Å². The maximum absolute atomic E-state index is 14.5. The van der Waals surface area contributed by atoms with Crippen molar-refractivity contribution in [2.45, 2.75) is 95.1 Å². The lowest BCUT2D eigenvalue weighted by Crippen LogP contribution is -2.75. The lowest BCUT2D eigenvalue weighted by Gasteiger charge is -2.71. The van der Waals surface area contributed by atoms with E-state index < -0.39 is 5.41 Å². The summed E-state index contributed by atoms with van der Waals surface area (Å²) in [6, 6.07) is 0. The fourth-order valence-corrected chi connectivity index (χ4v) is 9.86. The third kappa shape index (κ3) is 4.27. The zero-order valence-electron chi connectivity index (χ0n) is 26.9. The quantitative estimate of drug-likeness (QED) is 0.413. The molecule has 0 aromatic carbocycles. The highest BCUT2D eigenvalue weighted by atomic mass is 16.5. The van der Waals surface area contributed by atoms with E-state index in [1.807, 2.05) is 10.6 Å². The molecule has 2 aliphatic heterocycles. The number of likely N-dealkylation sites (tertiary alicyclic amines) is 1. The van der Waals surface area contributed by atoms with Crippen LogP contribution >= 0.6 is 0 Å². The number of nitrogens with zero attached hydrogens (tertiary/aromatic N) is 7. The van der Waals surface area contributed by atoms with Crippen molar-refractivity contribution in [2.75, 3.05) is 26.3 Å². The number of amides is 2. The standard InChI is InChI=1S/C34H40N8O5/c1-19-13-32(7-9-40(10-8-32)30(46)25-27(44)20(2)35-18-36-25)24-26(19)41(14-23(43)38-34-15-33(16-34,17-34)22-3-4-22)31-37-28(39-42(31)29(24)45)21-5-11-47-12-6-21/h5,18-19,22,44H,3-4,6-17H2,1-2H3,(H,38,43). The van der Waals surface area contributed by atoms with Gasteiger partial charge in [-0.1, -0.05) is 13.0 Å². The van der Waals surface area contributed by atoms with Gasteiger partial charge in [-0.2, -0.15) is 9.50 Å². The Morgan fingerprint density at radius 2 is 1.91 bits per heavy atom. The Morgan fingerprint density at radius 3 is 2.62 bits per heavy atom. The molecule has 2 bridgehead atoms. The van der Waals surface area contributed by atoms with Gasteiger partial charge in [-0.25, -0.2) is 9.97 Å². The first-order valence-corrected chi connectivity index (χ1v) is 17.0. The fraction of sp³-hybridized carbons (Fsp3) is 0.618. The average molecular weight is 641 g/mol. The summed E-state index contributed by atoms with van der Waals surface area (Å²) in [6.45, 7) is 5.68. The number of aryl methyl sites for hydroxylation is 1. The van der Waals surface area contributed by atoms with Crippen molar-refractivity contribution >= 4 is 23.2 Å². The number of fused-ring (bicyclic) bond motifs is 3. The van der Waals surface area contributed by atoms with Crippen molar-refractivity contribution in [3.8, 4) is 5.75 Å². The molecule has 4 saturated carbocycles. The molecule has 7 aliphatic rings. The summed E-state index contributed by atoms with van der Waals surface area (Å²) in [5.41, 5.74) is 2.55. The van der Waals surface area contributed by atoms with Crippen LogP contribution in [0.2, 0.25) is 0 Å². The summed E-state index contributed by atoms with van der Waals surface area (Å²) in [4.78, 5) is 56.2. The number of aromatic nitrogens is 6. The monoisotopic (exact) mass is 640 g/mol. The normalized spacial score (nSPS) is 28.9. The molecule has 5 fully saturated rings. The van der Waals surface area contributed by atoms with Gasteiger partial charge in [0, 0.05) is 35.3 Å². The van der Waals surface area contributed by atoms with E-state index in [0.29, 0.717) is 73.8 Å². The van der Waals surface area contributed by atoms with Gasteiger partial charge in [0.05, 0.1) is 18.9 Å². The molecule has 3 aromatic rings. The molecule has 2 N–H and O–H groups in total. The van der Waals surface area contributed by atoms with E-state index in [4.69, 9.17) is 14.8 Å². The van der Waals surface area contributed by atoms with Crippen LogP contribution in [-0.2, 0) is 21.5 Å². The van der Waals surface area contributed by atoms with E-state index >= 15 is 0 Å². The average Bonchev–Trinajstić information content (AvgIpc) is 3.70. The number of carbonyl (C=O) groups excluding carboxylic acids is 2. The third-order valence-corrected chi connectivity index (χ3v) is 12.2. The molecule has 13 nitrogen and oxygen atoms in total. The van der Waals surface area contributed by atoms with Gasteiger partial charge in [0.1, 0.15) is 12.9 Å². The first-order valence-electron chi connectivity index (χ1n) is 17.0. The summed E-state index contributed by atoms with van der Waals surface area (Å²) < 4.78 is 8.85. The van der Waals surface area contributed by atoms with Crippen molar-refractivity contribution in [1.82, 2.24) is 39.3 Å². The van der Waals surface area contributed by atoms with Crippen molar-refractivity contribution in [1.29, 1.82) is 0 Å². The Labute approximate surface area is 271 Å². The maximum atomic E-state index is 14.5. The zero-order valence-corrected chi connectivity index (χ0v) is 26.9. The Morgan fingerprint density at radius 1 is 1.15 bits per heavy atom. The van der Waals surface area contributed by atoms with Gasteiger partial charge >= 0.3 is 0 Å². The number of ether oxygens (including phenoxy) is 1. The molecule has 13 heteroatoms. The molecule has 47 heavy (non-hydrogen) atoms. The predicted molar refractivity (Wildman–Crippen MR) is 169 cm³/mol. The van der Waals surface area contributed by atoms with Crippen LogP contribution in [0.5, 0.6) is 5.75 Å². The molecule has 5 heterocycles. The molecule has 246 valence electrons. The Kier molecular flexibility index (Phi) is 6.14. The second kappa shape index (κ2) is 9.94. The molecule has 1 spiro atoms. The van der Waals surface area contributed by atoms with E-state index in [1.54, 1.807) is 11.8 Å². The molecule has 10 rings (SSSR count). The highest BCUT2D eigenvalue weighted by molar-refractivity contribution is 5.95. The largest absolute Gasteiger partial charge is 0.504 e. The molecule has 3 aromatic heterocycles. The first kappa shape index (κ1) is 29.0. The number of piperidine rings is 1. The molecular weight excluding hydrogens is 600 g/mol. The second-order valence-corrected chi connectivity index (χ2v) is 15.2. The number of aromatic hydroxyl groups is 1. The van der Waals surface area contributed by atoms with Gasteiger partial charge < -0.3 is 24.6 Å². The van der Waals surface area contributed by atoms with Crippen molar-refractivity contribution in [2.24, 2.45) is 11.3 Å². The molecule has 0 radical (unpaired) electrons. The molecule has 2 amide bonds. The van der Waals surface area contributed by atoms with Gasteiger partial charge in [-0.3, -0.25) is 14.4 Å². The van der Waals surface area contributed by atoms with Crippen LogP contribution in [0.15, 0.2) is 17.2 Å². The van der Waals surface area contributed by atoms with Crippen LogP contribution in [-0.4, -0.2) is 82.8 Å². The van der Waals surface area contributed by atoms with Crippen LogP contribution in [0.25, 0.3) is 11.4 Å². The van der Waals surface area contributed by atoms with Gasteiger partial charge in [0.25, 0.3) is 11.5 Å². The van der Waals surface area contributed by atoms with Crippen molar-refractivity contribution < 1.29 is 19.4 Å². The van der Waals surface area contributed by atoms with E-state index in [2.05, 4.69) is 22.2 Å². The van der Waals surface area contributed by atoms with Crippen LogP contribution in [0.4, 0.5) is 0 Å². The number of rotatable bonds is 6. The van der Waals surface area contributed by atoms with Gasteiger partial charge in [-0.15, -0.1) is 5.10 Å². The number of hydrogen-bond donors (Lipinski definition) is 2. The zero-order chi connectivity index (χ0) is 32.3. The summed E-state index contributed by atoms with van der Waals surface area (Å²) >= 11 is 0. The number of hydrogen-bond acceptors (Lipinski definition) is 9. The lowest BCUT2D eigenvalue weighted by atomic mass is 9.37. The highest BCUT2D eigenvalue weighted by Gasteiger charge is 2.72. The van der Waals surface area contributed by atoms with E-state index in [0.717, 1.165) is 42.9 Å². The Bertz CT molecular complexity index is 1930. The number of carbonyl (C=O) groups is 2. The summed E-state index contributed by atoms with van der Waals surface area (Å²) in [7, 11) is 0. The SMILES string of the molecule is Cc1ncnc(C(=O)N2CCC3(CC2)CC(C)c2c3c(=O)n3nc(C4=CCOCC4)nc3n2CC(=O)NC23CC(C4CC4)(C2)C3)c1O. The lowest BCUT2D eigenvalue weighted by molar-refractivity contribution is -0.176. The Balaban J connectivity index is 1.06. The van der Waals surface area contributed by atoms with Crippen LogP contribution in [0, 0.1) is 18.3 Å². The third-order valence-electron chi connectivity index (χ3n) is 12.2. The minimum Gasteiger partial charge on any atom is -0.504 e. The molecule has 1 saturated heterocycles. The summed E-state index contributed by atoms with van der Waals surface area (Å²) in [5.74, 6) is 1.14. The van der Waals surface area contributed by atoms with Gasteiger partial charge in [0.2, 0.25) is 11.7 Å². The molecule has 5 aliphatic carbocycles. The van der Waals surface area contributed by atoms with E-state index in [9.17, 15) is 19.5 Å². The van der Waals surface area contributed by atoms with Crippen LogP contribution in [0.1, 0.15) is 104 Å². The van der Waals surface area contributed by atoms with E-state index in [-0.39, 0.29) is 46.8 Å². The smallest absolute Gasteiger partial charge is 0.279 e. The Hall–Kier alpha value is -4.13. The van der Waals surface area contributed by atoms with Crippen molar-refractivity contribution in [3.63, 3.8) is 0 Å². The fourth-order valence-electron chi connectivity index (χ4n) is 9.86. The minimum absolute atomic E-state index is 0.00170. The number of nitrogens with one attached hydrogen (secondary N) is 1. The maximum Gasteiger partial charge on any atom is 0.279 e. The second-order valence-electron chi connectivity index (χ2n) is 15.2. The summed E-state index contributed by atoms with van der Waals surface area (Å²) in [6.07, 6.45) is 11.7. The minimum atomic E-state index is -0.479.